The highest BCUT2D eigenvalue weighted by molar-refractivity contribution is 5.94. The number of aryl methyl sites for hydroxylation is 1. The van der Waals surface area contributed by atoms with E-state index in [9.17, 15) is 4.79 Å². The molecule has 2 N–H and O–H groups in total. The number of rotatable bonds is 8. The van der Waals surface area contributed by atoms with Crippen molar-refractivity contribution in [2.45, 2.75) is 32.5 Å². The number of hydrogen-bond donors (Lipinski definition) is 2. The summed E-state index contributed by atoms with van der Waals surface area (Å²) in [6.07, 6.45) is 2.52. The van der Waals surface area contributed by atoms with E-state index in [1.165, 1.54) is 0 Å². The van der Waals surface area contributed by atoms with E-state index in [0.717, 1.165) is 48.0 Å². The van der Waals surface area contributed by atoms with E-state index in [4.69, 9.17) is 5.26 Å². The average molecular weight is 493 g/mol. The van der Waals surface area contributed by atoms with Gasteiger partial charge >= 0.3 is 0 Å². The highest BCUT2D eigenvalue weighted by Crippen LogP contribution is 2.22. The van der Waals surface area contributed by atoms with Gasteiger partial charge in [0.1, 0.15) is 17.7 Å². The van der Waals surface area contributed by atoms with E-state index in [1.54, 1.807) is 6.20 Å². The van der Waals surface area contributed by atoms with Crippen LogP contribution < -0.4 is 15.5 Å². The van der Waals surface area contributed by atoms with Crippen molar-refractivity contribution in [2.24, 2.45) is 0 Å². The van der Waals surface area contributed by atoms with Crippen molar-refractivity contribution in [3.63, 3.8) is 0 Å². The van der Waals surface area contributed by atoms with Gasteiger partial charge in [0, 0.05) is 19.6 Å². The Morgan fingerprint density at radius 1 is 1.05 bits per heavy atom. The fourth-order valence-corrected chi connectivity index (χ4v) is 4.48. The van der Waals surface area contributed by atoms with Gasteiger partial charge in [-0.3, -0.25) is 4.79 Å². The summed E-state index contributed by atoms with van der Waals surface area (Å²) >= 11 is 0. The number of nitrogens with zero attached hydrogens (tertiary/aromatic N) is 6. The second-order valence-corrected chi connectivity index (χ2v) is 8.98. The topological polar surface area (TPSA) is 112 Å². The second-order valence-electron chi connectivity index (χ2n) is 8.98. The van der Waals surface area contributed by atoms with Crippen molar-refractivity contribution in [1.29, 1.82) is 5.26 Å². The summed E-state index contributed by atoms with van der Waals surface area (Å²) in [5.74, 6) is 2.20. The number of aromatic nitrogens is 4. The molecule has 0 radical (unpaired) electrons. The molecule has 1 aliphatic rings. The quantitative estimate of drug-likeness (QED) is 0.388. The van der Waals surface area contributed by atoms with Crippen LogP contribution in [0, 0.1) is 18.3 Å². The number of fused-ring (bicyclic) bond motifs is 1. The molecule has 186 valence electrons. The molecule has 5 rings (SSSR count). The van der Waals surface area contributed by atoms with E-state index >= 15 is 0 Å². The molecule has 9 nitrogen and oxygen atoms in total. The molecule has 0 aliphatic carbocycles. The monoisotopic (exact) mass is 492 g/mol. The van der Waals surface area contributed by atoms with Crippen LogP contribution >= 0.6 is 0 Å². The summed E-state index contributed by atoms with van der Waals surface area (Å²) in [6, 6.07) is 22.5. The largest absolute Gasteiger partial charge is 0.361 e. The molecule has 2 aromatic heterocycles. The molecule has 37 heavy (non-hydrogen) atoms. The molecular formula is C28H28N8O. The summed E-state index contributed by atoms with van der Waals surface area (Å²) in [6.45, 7) is 4.92. The molecule has 1 amide bonds. The Morgan fingerprint density at radius 2 is 1.86 bits per heavy atom. The zero-order valence-electron chi connectivity index (χ0n) is 20.6. The van der Waals surface area contributed by atoms with Gasteiger partial charge in [-0.15, -0.1) is 10.2 Å². The first kappa shape index (κ1) is 24.2. The normalized spacial score (nSPS) is 13.5. The Labute approximate surface area is 215 Å². The lowest BCUT2D eigenvalue weighted by molar-refractivity contribution is -0.118. The van der Waals surface area contributed by atoms with Crippen molar-refractivity contribution < 1.29 is 4.79 Å². The lowest BCUT2D eigenvalue weighted by Gasteiger charge is -2.29. The number of carbonyl (C=O) groups is 1. The van der Waals surface area contributed by atoms with E-state index in [-0.39, 0.29) is 5.91 Å². The molecule has 0 spiro atoms. The van der Waals surface area contributed by atoms with Crippen LogP contribution in [0.25, 0.3) is 0 Å². The van der Waals surface area contributed by atoms with Gasteiger partial charge in [0.05, 0.1) is 30.1 Å². The van der Waals surface area contributed by atoms with Crippen molar-refractivity contribution in [3.05, 3.63) is 101 Å². The molecule has 1 aliphatic heterocycles. The van der Waals surface area contributed by atoms with Gasteiger partial charge in [0.2, 0.25) is 5.91 Å². The highest BCUT2D eigenvalue weighted by atomic mass is 16.2. The predicted molar refractivity (Wildman–Crippen MR) is 141 cm³/mol. The maximum absolute atomic E-state index is 13.3. The van der Waals surface area contributed by atoms with E-state index in [2.05, 4.69) is 41.4 Å². The maximum atomic E-state index is 13.3. The zero-order chi connectivity index (χ0) is 25.6. The number of pyridine rings is 1. The van der Waals surface area contributed by atoms with Crippen LogP contribution in [0.4, 0.5) is 11.5 Å². The third-order valence-corrected chi connectivity index (χ3v) is 6.54. The van der Waals surface area contributed by atoms with Crippen LogP contribution in [0.15, 0.2) is 72.9 Å². The minimum atomic E-state index is -0.530. The lowest BCUT2D eigenvalue weighted by atomic mass is 10.1. The average Bonchev–Trinajstić information content (AvgIpc) is 3.32. The Morgan fingerprint density at radius 3 is 2.59 bits per heavy atom. The first-order chi connectivity index (χ1) is 18.1. The summed E-state index contributed by atoms with van der Waals surface area (Å²) in [5.41, 5.74) is 3.59. The summed E-state index contributed by atoms with van der Waals surface area (Å²) in [7, 11) is 0. The van der Waals surface area contributed by atoms with Crippen LogP contribution in [0.2, 0.25) is 0 Å². The maximum Gasteiger partial charge on any atom is 0.247 e. The van der Waals surface area contributed by atoms with Crippen LogP contribution in [-0.4, -0.2) is 38.7 Å². The molecule has 3 heterocycles. The number of nitrogens with one attached hydrogen (secondary N) is 2. The summed E-state index contributed by atoms with van der Waals surface area (Å²) < 4.78 is 2.14. The van der Waals surface area contributed by atoms with Gasteiger partial charge in [0.25, 0.3) is 0 Å². The molecule has 2 aromatic carbocycles. The zero-order valence-corrected chi connectivity index (χ0v) is 20.6. The standard InChI is InChI=1S/C28H28N8O/c1-20-33-34-26-19-35(15-16-36(20)26)24-11-12-25(31-18-24)32-28(37)27(23-5-3-2-4-6-23)30-14-13-21-7-9-22(17-29)10-8-21/h2-12,18,27,30H,13-16,19H2,1H3,(H,31,32,37). The Balaban J connectivity index is 1.22. The molecular weight excluding hydrogens is 464 g/mol. The van der Waals surface area contributed by atoms with E-state index in [0.29, 0.717) is 24.5 Å². The van der Waals surface area contributed by atoms with Crippen molar-refractivity contribution in [1.82, 2.24) is 25.1 Å². The second kappa shape index (κ2) is 11.0. The first-order valence-corrected chi connectivity index (χ1v) is 12.3. The Bertz CT molecular complexity index is 1390. The van der Waals surface area contributed by atoms with E-state index < -0.39 is 6.04 Å². The number of anilines is 2. The van der Waals surface area contributed by atoms with Gasteiger partial charge in [-0.25, -0.2) is 4.98 Å². The fourth-order valence-electron chi connectivity index (χ4n) is 4.48. The molecule has 1 atom stereocenters. The molecule has 4 aromatic rings. The van der Waals surface area contributed by atoms with Crippen LogP contribution in [0.1, 0.15) is 34.4 Å². The van der Waals surface area contributed by atoms with Gasteiger partial charge in [-0.05, 0) is 48.7 Å². The van der Waals surface area contributed by atoms with Crippen LogP contribution in [-0.2, 0) is 24.3 Å². The minimum Gasteiger partial charge on any atom is -0.361 e. The van der Waals surface area contributed by atoms with Crippen LogP contribution in [0.3, 0.4) is 0 Å². The molecule has 1 unspecified atom stereocenters. The van der Waals surface area contributed by atoms with Gasteiger partial charge in [-0.1, -0.05) is 42.5 Å². The third kappa shape index (κ3) is 5.66. The number of amides is 1. The number of benzene rings is 2. The number of hydrogen-bond acceptors (Lipinski definition) is 7. The molecule has 0 fully saturated rings. The number of carbonyl (C=O) groups excluding carboxylic acids is 1. The highest BCUT2D eigenvalue weighted by Gasteiger charge is 2.22. The minimum absolute atomic E-state index is 0.173. The van der Waals surface area contributed by atoms with Gasteiger partial charge in [-0.2, -0.15) is 5.26 Å². The number of nitriles is 1. The van der Waals surface area contributed by atoms with E-state index in [1.807, 2.05) is 73.7 Å². The van der Waals surface area contributed by atoms with Crippen molar-refractivity contribution in [3.8, 4) is 6.07 Å². The Kier molecular flexibility index (Phi) is 7.19. The first-order valence-electron chi connectivity index (χ1n) is 12.3. The smallest absolute Gasteiger partial charge is 0.247 e. The molecule has 9 heteroatoms. The van der Waals surface area contributed by atoms with Gasteiger partial charge in [0.15, 0.2) is 5.82 Å². The predicted octanol–water partition coefficient (Wildman–Crippen LogP) is 3.39. The Hall–Kier alpha value is -4.55. The van der Waals surface area contributed by atoms with Gasteiger partial charge < -0.3 is 20.1 Å². The molecule has 0 saturated carbocycles. The third-order valence-electron chi connectivity index (χ3n) is 6.54. The van der Waals surface area contributed by atoms with Crippen molar-refractivity contribution in [2.75, 3.05) is 23.3 Å². The summed E-state index contributed by atoms with van der Waals surface area (Å²) in [4.78, 5) is 20.0. The van der Waals surface area contributed by atoms with Crippen LogP contribution in [0.5, 0.6) is 0 Å². The fraction of sp³-hybridized carbons (Fsp3) is 0.250. The summed E-state index contributed by atoms with van der Waals surface area (Å²) in [5, 5.41) is 23.8. The van der Waals surface area contributed by atoms with Crippen molar-refractivity contribution >= 4 is 17.4 Å². The molecule has 0 bridgehead atoms. The SMILES string of the molecule is Cc1nnc2n1CCN(c1ccc(NC(=O)C(NCCc3ccc(C#N)cc3)c3ccccc3)nc1)C2. The lowest BCUT2D eigenvalue weighted by Crippen LogP contribution is -2.35. The molecule has 0 saturated heterocycles.